The van der Waals surface area contributed by atoms with Gasteiger partial charge in [-0.2, -0.15) is 0 Å². The lowest BCUT2D eigenvalue weighted by molar-refractivity contribution is 0.161. The first-order valence-electron chi connectivity index (χ1n) is 7.82. The first kappa shape index (κ1) is 18.7. The van der Waals surface area contributed by atoms with E-state index in [1.54, 1.807) is 30.3 Å². The maximum Gasteiger partial charge on any atom is 0.319 e. The number of halogens is 1. The molecule has 2 rings (SSSR count). The number of para-hydroxylation sites is 2. The number of methoxy groups -OCH3 is 1. The van der Waals surface area contributed by atoms with Crippen LogP contribution in [-0.2, 0) is 4.74 Å². The first-order chi connectivity index (χ1) is 12.1. The van der Waals surface area contributed by atoms with Crippen LogP contribution in [0.3, 0.4) is 0 Å². The molecule has 0 fully saturated rings. The van der Waals surface area contributed by atoms with Crippen LogP contribution < -0.4 is 15.4 Å². The smallest absolute Gasteiger partial charge is 0.319 e. The van der Waals surface area contributed by atoms with Crippen LogP contribution in [0.15, 0.2) is 48.5 Å². The zero-order chi connectivity index (χ0) is 18.1. The molecule has 0 aromatic heterocycles. The van der Waals surface area contributed by atoms with Gasteiger partial charge in [-0.15, -0.1) is 0 Å². The van der Waals surface area contributed by atoms with Gasteiger partial charge in [-0.1, -0.05) is 24.3 Å². The molecule has 1 atom stereocenters. The Bertz CT molecular complexity index is 682. The minimum absolute atomic E-state index is 0.0766. The van der Waals surface area contributed by atoms with Crippen LogP contribution in [0.4, 0.5) is 14.9 Å². The quantitative estimate of drug-likeness (QED) is 0.685. The van der Waals surface area contributed by atoms with E-state index in [4.69, 9.17) is 9.47 Å². The van der Waals surface area contributed by atoms with E-state index in [2.05, 4.69) is 10.6 Å². The van der Waals surface area contributed by atoms with Gasteiger partial charge in [0, 0.05) is 13.7 Å². The van der Waals surface area contributed by atoms with Gasteiger partial charge in [0.05, 0.1) is 12.6 Å². The van der Waals surface area contributed by atoms with Crippen LogP contribution in [-0.4, -0.2) is 37.5 Å². The van der Waals surface area contributed by atoms with E-state index in [-0.39, 0.29) is 18.0 Å². The predicted octanol–water partition coefficient (Wildman–Crippen LogP) is 3.14. The molecule has 2 aromatic carbocycles. The van der Waals surface area contributed by atoms with Crippen LogP contribution in [0.5, 0.6) is 11.5 Å². The van der Waals surface area contributed by atoms with Gasteiger partial charge in [0.1, 0.15) is 11.4 Å². The van der Waals surface area contributed by atoms with Crippen molar-refractivity contribution in [3.63, 3.8) is 0 Å². The van der Waals surface area contributed by atoms with Gasteiger partial charge >= 0.3 is 6.03 Å². The number of hydrogen-bond acceptors (Lipinski definition) is 4. The summed E-state index contributed by atoms with van der Waals surface area (Å²) in [5, 5.41) is 14.3. The van der Waals surface area contributed by atoms with Gasteiger partial charge in [-0.25, -0.2) is 9.18 Å². The molecule has 7 heteroatoms. The summed E-state index contributed by atoms with van der Waals surface area (Å²) in [6, 6.07) is 12.0. The Balaban J connectivity index is 2.09. The number of carbonyl (C=O) groups excluding carboxylic acids is 1. The van der Waals surface area contributed by atoms with E-state index < -0.39 is 17.9 Å². The summed E-state index contributed by atoms with van der Waals surface area (Å²) in [6.07, 6.45) is 0.436. The molecular formula is C18H21FN2O4. The van der Waals surface area contributed by atoms with Gasteiger partial charge < -0.3 is 25.2 Å². The Kier molecular flexibility index (Phi) is 7.18. The average molecular weight is 348 g/mol. The summed E-state index contributed by atoms with van der Waals surface area (Å²) >= 11 is 0. The summed E-state index contributed by atoms with van der Waals surface area (Å²) in [5.41, 5.74) is -0.0766. The van der Waals surface area contributed by atoms with E-state index >= 15 is 0 Å². The number of aliphatic hydroxyl groups excluding tert-OH is 1. The fraction of sp³-hybridized carbons (Fsp3) is 0.278. The van der Waals surface area contributed by atoms with E-state index in [1.165, 1.54) is 19.2 Å². The molecule has 2 aromatic rings. The number of hydrogen-bond donors (Lipinski definition) is 3. The third-order valence-corrected chi connectivity index (χ3v) is 3.41. The topological polar surface area (TPSA) is 79.8 Å². The lowest BCUT2D eigenvalue weighted by atomic mass is 10.2. The molecule has 0 aliphatic heterocycles. The number of anilines is 1. The molecular weight excluding hydrogens is 327 g/mol. The number of nitrogens with one attached hydrogen (secondary N) is 2. The molecule has 1 unspecified atom stereocenters. The molecule has 0 bridgehead atoms. The van der Waals surface area contributed by atoms with E-state index in [0.29, 0.717) is 18.8 Å². The number of urea groups is 1. The highest BCUT2D eigenvalue weighted by atomic mass is 19.1. The van der Waals surface area contributed by atoms with Crippen molar-refractivity contribution < 1.29 is 23.8 Å². The van der Waals surface area contributed by atoms with Crippen molar-refractivity contribution in [2.75, 3.05) is 25.6 Å². The Labute approximate surface area is 145 Å². The predicted molar refractivity (Wildman–Crippen MR) is 92.4 cm³/mol. The van der Waals surface area contributed by atoms with Crippen molar-refractivity contribution in [3.8, 4) is 11.5 Å². The van der Waals surface area contributed by atoms with E-state index in [9.17, 15) is 14.3 Å². The van der Waals surface area contributed by atoms with Crippen LogP contribution in [0, 0.1) is 5.82 Å². The summed E-state index contributed by atoms with van der Waals surface area (Å²) in [5.74, 6) is 0.0738. The Morgan fingerprint density at radius 3 is 2.64 bits per heavy atom. The largest absolute Gasteiger partial charge is 0.455 e. The molecule has 0 spiro atoms. The summed E-state index contributed by atoms with van der Waals surface area (Å²) < 4.78 is 24.7. The Morgan fingerprint density at radius 1 is 1.20 bits per heavy atom. The van der Waals surface area contributed by atoms with Crippen molar-refractivity contribution >= 4 is 11.7 Å². The molecule has 3 N–H and O–H groups in total. The molecule has 0 aliphatic carbocycles. The number of rotatable bonds is 8. The highest BCUT2D eigenvalue weighted by Gasteiger charge is 2.16. The molecule has 6 nitrogen and oxygen atoms in total. The zero-order valence-corrected chi connectivity index (χ0v) is 13.9. The number of aliphatic hydroxyl groups is 1. The van der Waals surface area contributed by atoms with Gasteiger partial charge in [-0.05, 0) is 30.7 Å². The Hall–Kier alpha value is -2.64. The minimum atomic E-state index is -0.641. The monoisotopic (exact) mass is 348 g/mol. The second kappa shape index (κ2) is 9.61. The molecule has 0 heterocycles. The van der Waals surface area contributed by atoms with Crippen molar-refractivity contribution in [2.24, 2.45) is 0 Å². The highest BCUT2D eigenvalue weighted by molar-refractivity contribution is 5.91. The van der Waals surface area contributed by atoms with Crippen LogP contribution >= 0.6 is 0 Å². The average Bonchev–Trinajstić information content (AvgIpc) is 2.62. The van der Waals surface area contributed by atoms with E-state index in [1.807, 2.05) is 6.07 Å². The van der Waals surface area contributed by atoms with Crippen molar-refractivity contribution in [3.05, 3.63) is 54.3 Å². The lowest BCUT2D eigenvalue weighted by Gasteiger charge is -2.18. The maximum atomic E-state index is 14.1. The fourth-order valence-corrected chi connectivity index (χ4v) is 2.13. The summed E-state index contributed by atoms with van der Waals surface area (Å²) in [7, 11) is 1.53. The Morgan fingerprint density at radius 2 is 1.96 bits per heavy atom. The van der Waals surface area contributed by atoms with Gasteiger partial charge in [0.2, 0.25) is 0 Å². The summed E-state index contributed by atoms with van der Waals surface area (Å²) in [4.78, 5) is 12.1. The molecule has 0 aliphatic rings. The molecule has 0 radical (unpaired) electrons. The maximum absolute atomic E-state index is 14.1. The molecule has 2 amide bonds. The number of amides is 2. The van der Waals surface area contributed by atoms with Gasteiger partial charge in [-0.3, -0.25) is 0 Å². The van der Waals surface area contributed by atoms with Crippen molar-refractivity contribution in [1.29, 1.82) is 0 Å². The molecule has 134 valence electrons. The first-order valence-corrected chi connectivity index (χ1v) is 7.82. The number of carbonyl (C=O) groups is 1. The number of benzene rings is 2. The second-order valence-corrected chi connectivity index (χ2v) is 5.29. The van der Waals surface area contributed by atoms with Crippen LogP contribution in [0.2, 0.25) is 0 Å². The lowest BCUT2D eigenvalue weighted by Crippen LogP contribution is -2.41. The SMILES string of the molecule is COCCC(CO)NC(=O)Nc1c(F)cccc1Oc1ccccc1. The molecule has 25 heavy (non-hydrogen) atoms. The molecule has 0 saturated heterocycles. The van der Waals surface area contributed by atoms with Gasteiger partial charge in [0.15, 0.2) is 11.6 Å². The normalized spacial score (nSPS) is 11.6. The molecule has 0 saturated carbocycles. The zero-order valence-electron chi connectivity index (χ0n) is 13.9. The standard InChI is InChI=1S/C18H21FN2O4/c1-24-11-10-13(12-22)20-18(23)21-17-15(19)8-5-9-16(17)25-14-6-3-2-4-7-14/h2-9,13,22H,10-12H2,1H3,(H2,20,21,23). The third kappa shape index (κ3) is 5.74. The van der Waals surface area contributed by atoms with E-state index in [0.717, 1.165) is 0 Å². The highest BCUT2D eigenvalue weighted by Crippen LogP contribution is 2.31. The second-order valence-electron chi connectivity index (χ2n) is 5.29. The summed E-state index contributed by atoms with van der Waals surface area (Å²) in [6.45, 7) is 0.134. The third-order valence-electron chi connectivity index (χ3n) is 3.41. The fourth-order valence-electron chi connectivity index (χ4n) is 2.13. The van der Waals surface area contributed by atoms with Gasteiger partial charge in [0.25, 0.3) is 0 Å². The minimum Gasteiger partial charge on any atom is -0.455 e. The van der Waals surface area contributed by atoms with Crippen molar-refractivity contribution in [2.45, 2.75) is 12.5 Å². The van der Waals surface area contributed by atoms with Crippen molar-refractivity contribution in [1.82, 2.24) is 5.32 Å². The van der Waals surface area contributed by atoms with Crippen LogP contribution in [0.25, 0.3) is 0 Å². The van der Waals surface area contributed by atoms with Crippen LogP contribution in [0.1, 0.15) is 6.42 Å². The number of ether oxygens (including phenoxy) is 2.